The van der Waals surface area contributed by atoms with Gasteiger partial charge in [-0.15, -0.1) is 0 Å². The molecule has 0 aromatic heterocycles. The molecule has 0 unspecified atom stereocenters. The van der Waals surface area contributed by atoms with Gasteiger partial charge in [-0.3, -0.25) is 4.90 Å². The summed E-state index contributed by atoms with van der Waals surface area (Å²) in [4.78, 5) is 2.55. The van der Waals surface area contributed by atoms with E-state index in [2.05, 4.69) is 79.4 Å². The maximum Gasteiger partial charge on any atom is 0.0237 e. The summed E-state index contributed by atoms with van der Waals surface area (Å²) in [5.41, 5.74) is 2.79. The van der Waals surface area contributed by atoms with Gasteiger partial charge < -0.3 is 0 Å². The molecule has 1 heteroatoms. The molecule has 0 aliphatic rings. The van der Waals surface area contributed by atoms with Crippen molar-refractivity contribution in [2.24, 2.45) is 5.92 Å². The molecule has 1 nitrogen and oxygen atoms in total. The van der Waals surface area contributed by atoms with E-state index in [1.165, 1.54) is 17.5 Å². The van der Waals surface area contributed by atoms with Crippen LogP contribution in [-0.2, 0) is 13.1 Å². The van der Waals surface area contributed by atoms with E-state index in [4.69, 9.17) is 0 Å². The second-order valence-corrected chi connectivity index (χ2v) is 5.86. The van der Waals surface area contributed by atoms with Crippen LogP contribution < -0.4 is 0 Å². The highest BCUT2D eigenvalue weighted by Crippen LogP contribution is 2.12. The van der Waals surface area contributed by atoms with Gasteiger partial charge in [-0.25, -0.2) is 0 Å². The first-order valence-electron chi connectivity index (χ1n) is 7.54. The smallest absolute Gasteiger partial charge is 0.0237 e. The van der Waals surface area contributed by atoms with E-state index in [9.17, 15) is 0 Å². The lowest BCUT2D eigenvalue weighted by molar-refractivity contribution is 0.241. The molecule has 0 saturated heterocycles. The highest BCUT2D eigenvalue weighted by Gasteiger charge is 2.08. The first kappa shape index (κ1) is 14.8. The average molecular weight is 267 g/mol. The van der Waals surface area contributed by atoms with E-state index in [0.717, 1.165) is 25.6 Å². The van der Waals surface area contributed by atoms with Crippen molar-refractivity contribution in [1.82, 2.24) is 4.90 Å². The molecule has 0 spiro atoms. The van der Waals surface area contributed by atoms with Crippen LogP contribution in [-0.4, -0.2) is 11.4 Å². The lowest BCUT2D eigenvalue weighted by atomic mass is 10.1. The Kier molecular flexibility index (Phi) is 5.82. The van der Waals surface area contributed by atoms with Crippen LogP contribution in [0.15, 0.2) is 60.7 Å². The third-order valence-electron chi connectivity index (χ3n) is 3.52. The molecular formula is C19H25N. The van der Waals surface area contributed by atoms with Gasteiger partial charge in [0.1, 0.15) is 0 Å². The van der Waals surface area contributed by atoms with E-state index in [1.54, 1.807) is 0 Å². The van der Waals surface area contributed by atoms with Crippen molar-refractivity contribution in [2.45, 2.75) is 33.4 Å². The fourth-order valence-electron chi connectivity index (χ4n) is 2.34. The van der Waals surface area contributed by atoms with Crippen molar-refractivity contribution < 1.29 is 0 Å². The summed E-state index contributed by atoms with van der Waals surface area (Å²) in [6.45, 7) is 7.80. The minimum absolute atomic E-state index is 0.754. The molecule has 0 N–H and O–H groups in total. The number of hydrogen-bond acceptors (Lipinski definition) is 1. The number of benzene rings is 2. The molecule has 20 heavy (non-hydrogen) atoms. The SMILES string of the molecule is CC(C)CCN(Cc1ccccc1)Cc1ccccc1. The quantitative estimate of drug-likeness (QED) is 0.700. The van der Waals surface area contributed by atoms with Crippen LogP contribution in [0.4, 0.5) is 0 Å². The normalized spacial score (nSPS) is 11.2. The predicted molar refractivity (Wildman–Crippen MR) is 86.5 cm³/mol. The van der Waals surface area contributed by atoms with Crippen molar-refractivity contribution in [3.8, 4) is 0 Å². The molecule has 106 valence electrons. The zero-order valence-corrected chi connectivity index (χ0v) is 12.6. The Morgan fingerprint density at radius 1 is 0.750 bits per heavy atom. The third-order valence-corrected chi connectivity index (χ3v) is 3.52. The van der Waals surface area contributed by atoms with Crippen LogP contribution in [0.1, 0.15) is 31.4 Å². The molecule has 0 aliphatic heterocycles. The van der Waals surface area contributed by atoms with Crippen LogP contribution >= 0.6 is 0 Å². The third kappa shape index (κ3) is 5.18. The van der Waals surface area contributed by atoms with Crippen molar-refractivity contribution in [1.29, 1.82) is 0 Å². The molecule has 0 saturated carbocycles. The molecule has 2 aromatic rings. The van der Waals surface area contributed by atoms with Gasteiger partial charge in [-0.2, -0.15) is 0 Å². The molecule has 2 rings (SSSR count). The van der Waals surface area contributed by atoms with E-state index < -0.39 is 0 Å². The number of hydrogen-bond donors (Lipinski definition) is 0. The Morgan fingerprint density at radius 3 is 1.60 bits per heavy atom. The number of rotatable bonds is 7. The van der Waals surface area contributed by atoms with E-state index in [0.29, 0.717) is 0 Å². The minimum atomic E-state index is 0.754. The van der Waals surface area contributed by atoms with E-state index in [1.807, 2.05) is 0 Å². The molecule has 0 aliphatic carbocycles. The molecule has 0 atom stereocenters. The van der Waals surface area contributed by atoms with Gasteiger partial charge in [0.25, 0.3) is 0 Å². The van der Waals surface area contributed by atoms with Crippen molar-refractivity contribution in [2.75, 3.05) is 6.54 Å². The van der Waals surface area contributed by atoms with Gasteiger partial charge in [-0.05, 0) is 30.0 Å². The fourth-order valence-corrected chi connectivity index (χ4v) is 2.34. The van der Waals surface area contributed by atoms with Gasteiger partial charge in [-0.1, -0.05) is 74.5 Å². The monoisotopic (exact) mass is 267 g/mol. The Bertz CT molecular complexity index is 434. The fraction of sp³-hybridized carbons (Fsp3) is 0.368. The topological polar surface area (TPSA) is 3.24 Å². The van der Waals surface area contributed by atoms with Crippen LogP contribution in [0.5, 0.6) is 0 Å². The molecular weight excluding hydrogens is 242 g/mol. The van der Waals surface area contributed by atoms with Crippen molar-refractivity contribution in [3.63, 3.8) is 0 Å². The second kappa shape index (κ2) is 7.86. The summed E-state index contributed by atoms with van der Waals surface area (Å²) < 4.78 is 0. The van der Waals surface area contributed by atoms with E-state index >= 15 is 0 Å². The van der Waals surface area contributed by atoms with Crippen molar-refractivity contribution >= 4 is 0 Å². The molecule has 0 bridgehead atoms. The number of nitrogens with zero attached hydrogens (tertiary/aromatic N) is 1. The summed E-state index contributed by atoms with van der Waals surface area (Å²) in [5.74, 6) is 0.754. The second-order valence-electron chi connectivity index (χ2n) is 5.86. The highest BCUT2D eigenvalue weighted by atomic mass is 15.1. The van der Waals surface area contributed by atoms with E-state index in [-0.39, 0.29) is 0 Å². The summed E-state index contributed by atoms with van der Waals surface area (Å²) in [5, 5.41) is 0. The summed E-state index contributed by atoms with van der Waals surface area (Å²) >= 11 is 0. The van der Waals surface area contributed by atoms with Gasteiger partial charge in [0.05, 0.1) is 0 Å². The lowest BCUT2D eigenvalue weighted by Crippen LogP contribution is -2.25. The van der Waals surface area contributed by atoms with Gasteiger partial charge in [0.15, 0.2) is 0 Å². The Labute approximate surface area is 123 Å². The highest BCUT2D eigenvalue weighted by molar-refractivity contribution is 5.17. The molecule has 0 radical (unpaired) electrons. The van der Waals surface area contributed by atoms with Gasteiger partial charge in [0.2, 0.25) is 0 Å². The molecule has 0 heterocycles. The van der Waals surface area contributed by atoms with Crippen LogP contribution in [0.25, 0.3) is 0 Å². The maximum absolute atomic E-state index is 2.55. The summed E-state index contributed by atoms with van der Waals surface area (Å²) in [6.07, 6.45) is 1.25. The van der Waals surface area contributed by atoms with Crippen molar-refractivity contribution in [3.05, 3.63) is 71.8 Å². The molecule has 2 aromatic carbocycles. The van der Waals surface area contributed by atoms with Crippen LogP contribution in [0, 0.1) is 5.92 Å². The summed E-state index contributed by atoms with van der Waals surface area (Å²) in [7, 11) is 0. The van der Waals surface area contributed by atoms with Crippen LogP contribution in [0.2, 0.25) is 0 Å². The summed E-state index contributed by atoms with van der Waals surface area (Å²) in [6, 6.07) is 21.5. The Hall–Kier alpha value is -1.60. The molecule has 0 fully saturated rings. The van der Waals surface area contributed by atoms with Gasteiger partial charge in [0, 0.05) is 13.1 Å². The maximum atomic E-state index is 2.55. The standard InChI is InChI=1S/C19H25N/c1-17(2)13-14-20(15-18-9-5-3-6-10-18)16-19-11-7-4-8-12-19/h3-12,17H,13-16H2,1-2H3. The Balaban J connectivity index is 2.00. The first-order chi connectivity index (χ1) is 9.74. The zero-order chi connectivity index (χ0) is 14.2. The largest absolute Gasteiger partial charge is 0.295 e. The average Bonchev–Trinajstić information content (AvgIpc) is 2.47. The van der Waals surface area contributed by atoms with Crippen LogP contribution in [0.3, 0.4) is 0 Å². The lowest BCUT2D eigenvalue weighted by Gasteiger charge is -2.23. The minimum Gasteiger partial charge on any atom is -0.295 e. The first-order valence-corrected chi connectivity index (χ1v) is 7.54. The van der Waals surface area contributed by atoms with Gasteiger partial charge >= 0.3 is 0 Å². The Morgan fingerprint density at radius 2 is 1.20 bits per heavy atom. The predicted octanol–water partition coefficient (Wildman–Crippen LogP) is 4.73. The zero-order valence-electron chi connectivity index (χ0n) is 12.6. The molecule has 0 amide bonds.